The molecular formula is C46H32N2. The van der Waals surface area contributed by atoms with E-state index in [0.29, 0.717) is 0 Å². The van der Waals surface area contributed by atoms with E-state index in [1.165, 1.54) is 43.1 Å². The Morgan fingerprint density at radius 1 is 0.188 bits per heavy atom. The predicted molar refractivity (Wildman–Crippen MR) is 206 cm³/mol. The Labute approximate surface area is 280 Å². The van der Waals surface area contributed by atoms with Gasteiger partial charge in [-0.05, 0) is 128 Å². The molecule has 0 aliphatic rings. The Hall–Kier alpha value is -6.38. The standard InChI is InChI=1S/C46H32N2/c1-3-15-41(16-4-1)47(43-23-19-33-11-7-9-13-35(33)29-43)45-25-21-37-28-40-32-46(26-22-38(40)27-39(37)31-45)48(42-17-5-2-6-18-42)44-24-20-34-12-8-10-14-36(34)30-44/h1-32H. The fourth-order valence-corrected chi connectivity index (χ4v) is 6.93. The van der Waals surface area contributed by atoms with E-state index in [-0.39, 0.29) is 0 Å². The lowest BCUT2D eigenvalue weighted by Crippen LogP contribution is -2.10. The molecule has 9 rings (SSSR count). The van der Waals surface area contributed by atoms with Crippen LogP contribution in [-0.4, -0.2) is 0 Å². The average molecular weight is 613 g/mol. The second-order valence-corrected chi connectivity index (χ2v) is 12.3. The number of benzene rings is 9. The molecule has 2 heteroatoms. The van der Waals surface area contributed by atoms with E-state index in [4.69, 9.17) is 0 Å². The average Bonchev–Trinajstić information content (AvgIpc) is 3.15. The van der Waals surface area contributed by atoms with Crippen molar-refractivity contribution in [1.29, 1.82) is 0 Å². The van der Waals surface area contributed by atoms with Crippen molar-refractivity contribution in [1.82, 2.24) is 0 Å². The van der Waals surface area contributed by atoms with Crippen LogP contribution in [0.4, 0.5) is 34.1 Å². The first-order chi connectivity index (χ1) is 23.8. The molecule has 0 spiro atoms. The van der Waals surface area contributed by atoms with E-state index in [1.807, 2.05) is 0 Å². The van der Waals surface area contributed by atoms with Crippen LogP contribution >= 0.6 is 0 Å². The maximum Gasteiger partial charge on any atom is 0.0468 e. The fourth-order valence-electron chi connectivity index (χ4n) is 6.93. The van der Waals surface area contributed by atoms with Gasteiger partial charge in [0.25, 0.3) is 0 Å². The van der Waals surface area contributed by atoms with Crippen molar-refractivity contribution in [2.75, 3.05) is 9.80 Å². The van der Waals surface area contributed by atoms with E-state index in [1.54, 1.807) is 0 Å². The highest BCUT2D eigenvalue weighted by molar-refractivity contribution is 6.02. The van der Waals surface area contributed by atoms with Crippen LogP contribution in [0.25, 0.3) is 43.1 Å². The zero-order valence-electron chi connectivity index (χ0n) is 26.4. The Balaban J connectivity index is 1.15. The van der Waals surface area contributed by atoms with Crippen molar-refractivity contribution in [2.45, 2.75) is 0 Å². The molecule has 9 aromatic rings. The van der Waals surface area contributed by atoms with Crippen LogP contribution in [0.3, 0.4) is 0 Å². The smallest absolute Gasteiger partial charge is 0.0468 e. The zero-order chi connectivity index (χ0) is 31.9. The Kier molecular flexibility index (Phi) is 6.84. The second-order valence-electron chi connectivity index (χ2n) is 12.3. The van der Waals surface area contributed by atoms with E-state index >= 15 is 0 Å². The maximum atomic E-state index is 2.35. The number of hydrogen-bond donors (Lipinski definition) is 0. The molecule has 0 atom stereocenters. The summed E-state index contributed by atoms with van der Waals surface area (Å²) in [7, 11) is 0. The molecule has 0 heterocycles. The number of hydrogen-bond acceptors (Lipinski definition) is 2. The van der Waals surface area contributed by atoms with Crippen LogP contribution in [0.2, 0.25) is 0 Å². The third-order valence-electron chi connectivity index (χ3n) is 9.29. The molecule has 2 nitrogen and oxygen atoms in total. The van der Waals surface area contributed by atoms with Gasteiger partial charge in [-0.25, -0.2) is 0 Å². The normalized spacial score (nSPS) is 11.3. The highest BCUT2D eigenvalue weighted by Crippen LogP contribution is 2.40. The number of rotatable bonds is 6. The monoisotopic (exact) mass is 612 g/mol. The molecule has 0 amide bonds. The van der Waals surface area contributed by atoms with E-state index < -0.39 is 0 Å². The molecule has 9 aromatic carbocycles. The van der Waals surface area contributed by atoms with Crippen LogP contribution < -0.4 is 9.80 Å². The first-order valence-corrected chi connectivity index (χ1v) is 16.4. The topological polar surface area (TPSA) is 6.48 Å². The molecule has 0 unspecified atom stereocenters. The molecule has 0 radical (unpaired) electrons. The fraction of sp³-hybridized carbons (Fsp3) is 0. The number of fused-ring (bicyclic) bond motifs is 4. The first-order valence-electron chi connectivity index (χ1n) is 16.4. The maximum absolute atomic E-state index is 2.35. The SMILES string of the molecule is c1ccc(N(c2ccc3ccccc3c2)c2ccc3cc4cc(N(c5ccccc5)c5ccc6ccccc6c5)ccc4cc3c2)cc1. The van der Waals surface area contributed by atoms with Crippen LogP contribution in [-0.2, 0) is 0 Å². The lowest BCUT2D eigenvalue weighted by Gasteiger charge is -2.27. The van der Waals surface area contributed by atoms with Crippen molar-refractivity contribution < 1.29 is 0 Å². The Morgan fingerprint density at radius 3 is 0.875 bits per heavy atom. The molecule has 0 N–H and O–H groups in total. The molecule has 0 saturated carbocycles. The lowest BCUT2D eigenvalue weighted by atomic mass is 10.0. The summed E-state index contributed by atoms with van der Waals surface area (Å²) in [5.74, 6) is 0. The zero-order valence-corrected chi connectivity index (χ0v) is 26.4. The van der Waals surface area contributed by atoms with E-state index in [0.717, 1.165) is 34.1 Å². The van der Waals surface area contributed by atoms with Gasteiger partial charge in [-0.2, -0.15) is 0 Å². The minimum Gasteiger partial charge on any atom is -0.310 e. The second kappa shape index (κ2) is 11.8. The van der Waals surface area contributed by atoms with E-state index in [2.05, 4.69) is 204 Å². The molecule has 0 aromatic heterocycles. The van der Waals surface area contributed by atoms with Crippen molar-refractivity contribution in [3.63, 3.8) is 0 Å². The summed E-state index contributed by atoms with van der Waals surface area (Å²) in [6, 6.07) is 70.0. The van der Waals surface area contributed by atoms with Gasteiger partial charge in [0.15, 0.2) is 0 Å². The van der Waals surface area contributed by atoms with Gasteiger partial charge in [0.2, 0.25) is 0 Å². The molecule has 0 aliphatic carbocycles. The van der Waals surface area contributed by atoms with Gasteiger partial charge in [-0.15, -0.1) is 0 Å². The number of anilines is 6. The molecule has 0 fully saturated rings. The van der Waals surface area contributed by atoms with Crippen LogP contribution in [0.15, 0.2) is 194 Å². The van der Waals surface area contributed by atoms with Crippen molar-refractivity contribution in [3.05, 3.63) is 194 Å². The van der Waals surface area contributed by atoms with Crippen LogP contribution in [0.1, 0.15) is 0 Å². The molecule has 0 saturated heterocycles. The summed E-state index contributed by atoms with van der Waals surface area (Å²) < 4.78 is 0. The molecular weight excluding hydrogens is 581 g/mol. The molecule has 0 aliphatic heterocycles. The van der Waals surface area contributed by atoms with Gasteiger partial charge in [0, 0.05) is 34.1 Å². The quantitative estimate of drug-likeness (QED) is 0.172. The largest absolute Gasteiger partial charge is 0.310 e. The molecule has 48 heavy (non-hydrogen) atoms. The summed E-state index contributed by atoms with van der Waals surface area (Å²) in [6.45, 7) is 0. The highest BCUT2D eigenvalue weighted by Gasteiger charge is 2.16. The van der Waals surface area contributed by atoms with E-state index in [9.17, 15) is 0 Å². The first kappa shape index (κ1) is 27.9. The number of para-hydroxylation sites is 2. The minimum absolute atomic E-state index is 1.13. The predicted octanol–water partition coefficient (Wildman–Crippen LogP) is 13.2. The van der Waals surface area contributed by atoms with Crippen molar-refractivity contribution in [3.8, 4) is 0 Å². The number of nitrogens with zero attached hydrogens (tertiary/aromatic N) is 2. The van der Waals surface area contributed by atoms with Gasteiger partial charge in [-0.3, -0.25) is 0 Å². The third kappa shape index (κ3) is 5.10. The van der Waals surface area contributed by atoms with Gasteiger partial charge in [0.1, 0.15) is 0 Å². The Bertz CT molecular complexity index is 2390. The summed E-state index contributed by atoms with van der Waals surface area (Å²) in [4.78, 5) is 4.70. The van der Waals surface area contributed by atoms with Crippen molar-refractivity contribution in [2.24, 2.45) is 0 Å². The van der Waals surface area contributed by atoms with Gasteiger partial charge < -0.3 is 9.80 Å². The van der Waals surface area contributed by atoms with Gasteiger partial charge in [0.05, 0.1) is 0 Å². The summed E-state index contributed by atoms with van der Waals surface area (Å²) in [5.41, 5.74) is 6.80. The lowest BCUT2D eigenvalue weighted by molar-refractivity contribution is 1.29. The summed E-state index contributed by atoms with van der Waals surface area (Å²) >= 11 is 0. The molecule has 226 valence electrons. The summed E-state index contributed by atoms with van der Waals surface area (Å²) in [6.07, 6.45) is 0. The van der Waals surface area contributed by atoms with Gasteiger partial charge in [-0.1, -0.05) is 109 Å². The minimum atomic E-state index is 1.13. The summed E-state index contributed by atoms with van der Waals surface area (Å²) in [5, 5.41) is 9.79. The Morgan fingerprint density at radius 2 is 0.479 bits per heavy atom. The van der Waals surface area contributed by atoms with Crippen molar-refractivity contribution >= 4 is 77.2 Å². The van der Waals surface area contributed by atoms with Gasteiger partial charge >= 0.3 is 0 Å². The third-order valence-corrected chi connectivity index (χ3v) is 9.29. The molecule has 0 bridgehead atoms. The van der Waals surface area contributed by atoms with Crippen LogP contribution in [0, 0.1) is 0 Å². The van der Waals surface area contributed by atoms with Crippen LogP contribution in [0.5, 0.6) is 0 Å². The highest BCUT2D eigenvalue weighted by atomic mass is 15.1.